The maximum atomic E-state index is 11.8. The number of benzene rings is 1. The lowest BCUT2D eigenvalue weighted by molar-refractivity contribution is 0.0764. The highest BCUT2D eigenvalue weighted by Gasteiger charge is 2.15. The number of aliphatic hydroxyl groups is 1. The van der Waals surface area contributed by atoms with Gasteiger partial charge < -0.3 is 15.1 Å². The second-order valence-electron chi connectivity index (χ2n) is 3.47. The molecule has 0 bridgehead atoms. The van der Waals surface area contributed by atoms with Crippen LogP contribution in [-0.4, -0.2) is 41.2 Å². The molecule has 4 nitrogen and oxygen atoms in total. The van der Waals surface area contributed by atoms with Gasteiger partial charge in [-0.3, -0.25) is 4.79 Å². The summed E-state index contributed by atoms with van der Waals surface area (Å²) in [6, 6.07) is 4.86. The summed E-state index contributed by atoms with van der Waals surface area (Å²) in [6.07, 6.45) is 0. The second kappa shape index (κ2) is 4.79. The van der Waals surface area contributed by atoms with Crippen molar-refractivity contribution in [2.45, 2.75) is 6.92 Å². The van der Waals surface area contributed by atoms with E-state index in [0.717, 1.165) is 5.56 Å². The standard InChI is InChI=1S/C11H15NO3/c1-8-3-4-10(14)9(7-8)11(15)12(2)5-6-13/h3-4,7,13-14H,5-6H2,1-2H3. The first kappa shape index (κ1) is 11.5. The molecule has 0 unspecified atom stereocenters. The highest BCUT2D eigenvalue weighted by molar-refractivity contribution is 5.96. The summed E-state index contributed by atoms with van der Waals surface area (Å²) in [5.74, 6) is -0.319. The molecule has 0 aliphatic heterocycles. The lowest BCUT2D eigenvalue weighted by Gasteiger charge is -2.16. The lowest BCUT2D eigenvalue weighted by Crippen LogP contribution is -2.29. The Morgan fingerprint density at radius 1 is 1.47 bits per heavy atom. The lowest BCUT2D eigenvalue weighted by atomic mass is 10.1. The summed E-state index contributed by atoms with van der Waals surface area (Å²) in [6.45, 7) is 2.02. The zero-order valence-corrected chi connectivity index (χ0v) is 8.90. The fraction of sp³-hybridized carbons (Fsp3) is 0.364. The number of phenols is 1. The third-order valence-electron chi connectivity index (χ3n) is 2.16. The molecule has 82 valence electrons. The summed E-state index contributed by atoms with van der Waals surface area (Å²) in [7, 11) is 1.58. The quantitative estimate of drug-likeness (QED) is 0.772. The van der Waals surface area contributed by atoms with E-state index in [4.69, 9.17) is 5.11 Å². The Balaban J connectivity index is 2.95. The molecule has 2 N–H and O–H groups in total. The van der Waals surface area contributed by atoms with Gasteiger partial charge in [-0.05, 0) is 19.1 Å². The molecule has 0 fully saturated rings. The molecule has 0 saturated heterocycles. The third kappa shape index (κ3) is 2.70. The van der Waals surface area contributed by atoms with E-state index in [0.29, 0.717) is 0 Å². The van der Waals surface area contributed by atoms with E-state index in [-0.39, 0.29) is 30.4 Å². The van der Waals surface area contributed by atoms with Crippen LogP contribution in [-0.2, 0) is 0 Å². The summed E-state index contributed by atoms with van der Waals surface area (Å²) in [5.41, 5.74) is 1.18. The average Bonchev–Trinajstić information content (AvgIpc) is 2.21. The molecule has 0 aromatic heterocycles. The number of aromatic hydroxyl groups is 1. The third-order valence-corrected chi connectivity index (χ3v) is 2.16. The van der Waals surface area contributed by atoms with Gasteiger partial charge in [-0.25, -0.2) is 0 Å². The minimum absolute atomic E-state index is 0.0320. The van der Waals surface area contributed by atoms with E-state index >= 15 is 0 Å². The highest BCUT2D eigenvalue weighted by atomic mass is 16.3. The van der Waals surface area contributed by atoms with Crippen LogP contribution in [0.2, 0.25) is 0 Å². The molecular formula is C11H15NO3. The van der Waals surface area contributed by atoms with Crippen molar-refractivity contribution in [3.8, 4) is 5.75 Å². The number of hydrogen-bond acceptors (Lipinski definition) is 3. The number of carbonyl (C=O) groups excluding carboxylic acids is 1. The van der Waals surface area contributed by atoms with Gasteiger partial charge in [-0.1, -0.05) is 11.6 Å². The number of aryl methyl sites for hydroxylation is 1. The molecule has 0 spiro atoms. The smallest absolute Gasteiger partial charge is 0.257 e. The first-order valence-corrected chi connectivity index (χ1v) is 4.72. The van der Waals surface area contributed by atoms with Gasteiger partial charge in [0, 0.05) is 13.6 Å². The van der Waals surface area contributed by atoms with Gasteiger partial charge in [-0.15, -0.1) is 0 Å². The fourth-order valence-corrected chi connectivity index (χ4v) is 1.28. The Hall–Kier alpha value is -1.55. The van der Waals surface area contributed by atoms with Crippen molar-refractivity contribution in [3.05, 3.63) is 29.3 Å². The number of carbonyl (C=O) groups is 1. The monoisotopic (exact) mass is 209 g/mol. The first-order valence-electron chi connectivity index (χ1n) is 4.72. The maximum absolute atomic E-state index is 11.8. The molecule has 1 rings (SSSR count). The molecule has 0 heterocycles. The Labute approximate surface area is 88.8 Å². The molecular weight excluding hydrogens is 194 g/mol. The van der Waals surface area contributed by atoms with Crippen LogP contribution in [0.15, 0.2) is 18.2 Å². The second-order valence-corrected chi connectivity index (χ2v) is 3.47. The van der Waals surface area contributed by atoms with Crippen LogP contribution in [0.25, 0.3) is 0 Å². The number of rotatable bonds is 3. The molecule has 0 saturated carbocycles. The number of hydrogen-bond donors (Lipinski definition) is 2. The molecule has 0 aliphatic rings. The molecule has 15 heavy (non-hydrogen) atoms. The van der Waals surface area contributed by atoms with Crippen LogP contribution < -0.4 is 0 Å². The van der Waals surface area contributed by atoms with E-state index in [2.05, 4.69) is 0 Å². The van der Waals surface area contributed by atoms with E-state index < -0.39 is 0 Å². The van der Waals surface area contributed by atoms with Crippen LogP contribution in [0.5, 0.6) is 5.75 Å². The van der Waals surface area contributed by atoms with E-state index in [1.165, 1.54) is 11.0 Å². The van der Waals surface area contributed by atoms with Gasteiger partial charge in [0.25, 0.3) is 5.91 Å². The van der Waals surface area contributed by atoms with Crippen LogP contribution in [0, 0.1) is 6.92 Å². The van der Waals surface area contributed by atoms with Gasteiger partial charge in [0.05, 0.1) is 12.2 Å². The molecule has 1 amide bonds. The van der Waals surface area contributed by atoms with Crippen molar-refractivity contribution < 1.29 is 15.0 Å². The van der Waals surface area contributed by atoms with E-state index in [1.807, 2.05) is 6.92 Å². The van der Waals surface area contributed by atoms with Gasteiger partial charge in [0.15, 0.2) is 0 Å². The summed E-state index contributed by atoms with van der Waals surface area (Å²) in [5, 5.41) is 18.2. The normalized spacial score (nSPS) is 10.1. The van der Waals surface area contributed by atoms with Gasteiger partial charge in [0.2, 0.25) is 0 Å². The molecule has 0 radical (unpaired) electrons. The Kier molecular flexibility index (Phi) is 3.68. The van der Waals surface area contributed by atoms with E-state index in [1.54, 1.807) is 19.2 Å². The number of likely N-dealkylation sites (N-methyl/N-ethyl adjacent to an activating group) is 1. The van der Waals surface area contributed by atoms with Crippen molar-refractivity contribution in [3.63, 3.8) is 0 Å². The number of nitrogens with zero attached hydrogens (tertiary/aromatic N) is 1. The topological polar surface area (TPSA) is 60.8 Å². The van der Waals surface area contributed by atoms with Crippen molar-refractivity contribution >= 4 is 5.91 Å². The van der Waals surface area contributed by atoms with E-state index in [9.17, 15) is 9.90 Å². The Morgan fingerprint density at radius 2 is 2.13 bits per heavy atom. The van der Waals surface area contributed by atoms with Crippen molar-refractivity contribution in [2.75, 3.05) is 20.2 Å². The minimum Gasteiger partial charge on any atom is -0.507 e. The van der Waals surface area contributed by atoms with Crippen LogP contribution in [0.1, 0.15) is 15.9 Å². The first-order chi connectivity index (χ1) is 7.06. The van der Waals surface area contributed by atoms with Crippen LogP contribution in [0.3, 0.4) is 0 Å². The Bertz CT molecular complexity index is 363. The molecule has 4 heteroatoms. The molecule has 0 atom stereocenters. The number of amides is 1. The minimum atomic E-state index is -0.287. The molecule has 1 aromatic rings. The fourth-order valence-electron chi connectivity index (χ4n) is 1.28. The van der Waals surface area contributed by atoms with Gasteiger partial charge in [-0.2, -0.15) is 0 Å². The van der Waals surface area contributed by atoms with Crippen molar-refractivity contribution in [2.24, 2.45) is 0 Å². The van der Waals surface area contributed by atoms with Crippen molar-refractivity contribution in [1.82, 2.24) is 4.90 Å². The summed E-state index contributed by atoms with van der Waals surface area (Å²) < 4.78 is 0. The zero-order chi connectivity index (χ0) is 11.4. The highest BCUT2D eigenvalue weighted by Crippen LogP contribution is 2.19. The molecule has 0 aliphatic carbocycles. The Morgan fingerprint density at radius 3 is 2.73 bits per heavy atom. The van der Waals surface area contributed by atoms with Crippen LogP contribution in [0.4, 0.5) is 0 Å². The zero-order valence-electron chi connectivity index (χ0n) is 8.90. The molecule has 1 aromatic carbocycles. The van der Waals surface area contributed by atoms with Crippen LogP contribution >= 0.6 is 0 Å². The summed E-state index contributed by atoms with van der Waals surface area (Å²) >= 11 is 0. The average molecular weight is 209 g/mol. The van der Waals surface area contributed by atoms with Gasteiger partial charge >= 0.3 is 0 Å². The number of aliphatic hydroxyl groups excluding tert-OH is 1. The predicted molar refractivity (Wildman–Crippen MR) is 56.9 cm³/mol. The van der Waals surface area contributed by atoms with Gasteiger partial charge in [0.1, 0.15) is 5.75 Å². The largest absolute Gasteiger partial charge is 0.507 e. The SMILES string of the molecule is Cc1ccc(O)c(C(=O)N(C)CCO)c1. The number of phenolic OH excluding ortho intramolecular Hbond substituents is 1. The predicted octanol–water partition coefficient (Wildman–Crippen LogP) is 0.765. The van der Waals surface area contributed by atoms with Crippen molar-refractivity contribution in [1.29, 1.82) is 0 Å². The maximum Gasteiger partial charge on any atom is 0.257 e. The summed E-state index contributed by atoms with van der Waals surface area (Å²) in [4.78, 5) is 13.1.